The second kappa shape index (κ2) is 4.18. The lowest BCUT2D eigenvalue weighted by Gasteiger charge is -2.28. The first-order chi connectivity index (χ1) is 9.80. The number of rotatable bonds is 1. The lowest BCUT2D eigenvalue weighted by Crippen LogP contribution is -2.41. The number of aldehydes is 1. The molecule has 0 heterocycles. The van der Waals surface area contributed by atoms with Crippen molar-refractivity contribution in [2.75, 3.05) is 0 Å². The van der Waals surface area contributed by atoms with Crippen LogP contribution >= 0.6 is 0 Å². The molecule has 2 aromatic rings. The van der Waals surface area contributed by atoms with Crippen molar-refractivity contribution in [2.45, 2.75) is 18.7 Å². The fourth-order valence-corrected chi connectivity index (χ4v) is 2.96. The maximum Gasteiger partial charge on any atom is 0.425 e. The third-order valence-corrected chi connectivity index (χ3v) is 3.83. The molecule has 0 fully saturated rings. The third-order valence-electron chi connectivity index (χ3n) is 3.83. The van der Waals surface area contributed by atoms with Gasteiger partial charge in [-0.1, -0.05) is 30.3 Å². The Balaban J connectivity index is 2.49. The van der Waals surface area contributed by atoms with Crippen molar-refractivity contribution in [2.24, 2.45) is 0 Å². The van der Waals surface area contributed by atoms with E-state index in [1.54, 1.807) is 13.0 Å². The maximum absolute atomic E-state index is 13.5. The van der Waals surface area contributed by atoms with Crippen LogP contribution in [-0.4, -0.2) is 17.6 Å². The smallest absolute Gasteiger partial charge is 0.372 e. The summed E-state index contributed by atoms with van der Waals surface area (Å²) in [6.45, 7) is 1.59. The summed E-state index contributed by atoms with van der Waals surface area (Å²) in [6, 6.07) is 8.56. The predicted molar refractivity (Wildman–Crippen MR) is 71.1 cm³/mol. The van der Waals surface area contributed by atoms with Crippen LogP contribution in [0.1, 0.15) is 27.0 Å². The monoisotopic (exact) mass is 292 g/mol. The van der Waals surface area contributed by atoms with Crippen molar-refractivity contribution < 1.29 is 23.1 Å². The molecular weight excluding hydrogens is 281 g/mol. The van der Waals surface area contributed by atoms with Gasteiger partial charge in [0.25, 0.3) is 0 Å². The van der Waals surface area contributed by atoms with Crippen LogP contribution in [0.25, 0.3) is 11.1 Å². The Hall–Kier alpha value is -2.14. The topological polar surface area (TPSA) is 37.3 Å². The molecular formula is C16H11F3O2. The van der Waals surface area contributed by atoms with E-state index in [-0.39, 0.29) is 27.8 Å². The van der Waals surface area contributed by atoms with Gasteiger partial charge in [-0.3, -0.25) is 4.79 Å². The quantitative estimate of drug-likeness (QED) is 0.816. The number of aryl methyl sites for hydroxylation is 1. The Kier molecular flexibility index (Phi) is 2.75. The average molecular weight is 292 g/mol. The minimum atomic E-state index is -4.87. The summed E-state index contributed by atoms with van der Waals surface area (Å²) in [4.78, 5) is 11.2. The zero-order valence-electron chi connectivity index (χ0n) is 11.0. The zero-order valence-corrected chi connectivity index (χ0v) is 11.0. The van der Waals surface area contributed by atoms with E-state index in [2.05, 4.69) is 0 Å². The van der Waals surface area contributed by atoms with E-state index in [1.165, 1.54) is 30.3 Å². The van der Waals surface area contributed by atoms with E-state index in [0.29, 0.717) is 11.8 Å². The molecule has 0 aromatic heterocycles. The van der Waals surface area contributed by atoms with Crippen LogP contribution in [0.2, 0.25) is 0 Å². The Morgan fingerprint density at radius 3 is 2.43 bits per heavy atom. The second-order valence-corrected chi connectivity index (χ2v) is 5.15. The minimum Gasteiger partial charge on any atom is -0.372 e. The third kappa shape index (κ3) is 1.67. The lowest BCUT2D eigenvalue weighted by molar-refractivity contribution is -0.246. The molecule has 1 aliphatic rings. The van der Waals surface area contributed by atoms with Gasteiger partial charge in [0.15, 0.2) is 6.29 Å². The predicted octanol–water partition coefficient (Wildman–Crippen LogP) is 3.59. The first-order valence-corrected chi connectivity index (χ1v) is 6.30. The van der Waals surface area contributed by atoms with Crippen molar-refractivity contribution >= 4 is 6.29 Å². The van der Waals surface area contributed by atoms with E-state index in [9.17, 15) is 23.1 Å². The maximum atomic E-state index is 13.5. The Morgan fingerprint density at radius 2 is 1.81 bits per heavy atom. The lowest BCUT2D eigenvalue weighted by atomic mass is 9.89. The molecule has 3 rings (SSSR count). The van der Waals surface area contributed by atoms with Crippen LogP contribution in [0.15, 0.2) is 36.4 Å². The fourth-order valence-electron chi connectivity index (χ4n) is 2.96. The number of hydrogen-bond donors (Lipinski definition) is 1. The van der Waals surface area contributed by atoms with Crippen LogP contribution in [0.3, 0.4) is 0 Å². The van der Waals surface area contributed by atoms with Crippen molar-refractivity contribution in [3.63, 3.8) is 0 Å². The summed E-state index contributed by atoms with van der Waals surface area (Å²) in [5.74, 6) is 0. The van der Waals surface area contributed by atoms with Gasteiger partial charge in [-0.15, -0.1) is 0 Å². The van der Waals surface area contributed by atoms with Gasteiger partial charge in [-0.2, -0.15) is 13.2 Å². The average Bonchev–Trinajstić information content (AvgIpc) is 2.69. The number of carbonyl (C=O) groups excluding carboxylic acids is 1. The first kappa shape index (κ1) is 13.8. The van der Waals surface area contributed by atoms with Crippen LogP contribution in [0.5, 0.6) is 0 Å². The van der Waals surface area contributed by atoms with E-state index in [4.69, 9.17) is 0 Å². The van der Waals surface area contributed by atoms with Gasteiger partial charge in [-0.25, -0.2) is 0 Å². The first-order valence-electron chi connectivity index (χ1n) is 6.30. The van der Waals surface area contributed by atoms with Gasteiger partial charge in [0, 0.05) is 16.7 Å². The molecule has 0 radical (unpaired) electrons. The van der Waals surface area contributed by atoms with E-state index in [0.717, 1.165) is 0 Å². The van der Waals surface area contributed by atoms with Crippen LogP contribution < -0.4 is 0 Å². The highest BCUT2D eigenvalue weighted by atomic mass is 19.4. The molecule has 108 valence electrons. The molecule has 0 saturated heterocycles. The standard InChI is InChI=1S/C16H11F3O2/c1-9-6-10(8-20)14-11-4-2-3-5-12(11)15(21,13(14)7-9)16(17,18)19/h2-8,21H,1H3. The fraction of sp³-hybridized carbons (Fsp3) is 0.188. The molecule has 2 nitrogen and oxygen atoms in total. The Bertz CT molecular complexity index is 750. The van der Waals surface area contributed by atoms with Gasteiger partial charge < -0.3 is 5.11 Å². The van der Waals surface area contributed by atoms with Crippen LogP contribution in [0, 0.1) is 6.92 Å². The molecule has 1 atom stereocenters. The highest BCUT2D eigenvalue weighted by Crippen LogP contribution is 2.55. The number of alkyl halides is 3. The van der Waals surface area contributed by atoms with Crippen molar-refractivity contribution in [1.29, 1.82) is 0 Å². The molecule has 21 heavy (non-hydrogen) atoms. The van der Waals surface area contributed by atoms with E-state index in [1.807, 2.05) is 0 Å². The molecule has 0 spiro atoms. The van der Waals surface area contributed by atoms with Gasteiger partial charge in [-0.05, 0) is 29.7 Å². The summed E-state index contributed by atoms with van der Waals surface area (Å²) < 4.78 is 40.6. The van der Waals surface area contributed by atoms with Gasteiger partial charge in [0.2, 0.25) is 5.60 Å². The van der Waals surface area contributed by atoms with Gasteiger partial charge in [0.05, 0.1) is 0 Å². The zero-order chi connectivity index (χ0) is 15.4. The van der Waals surface area contributed by atoms with Crippen molar-refractivity contribution in [3.8, 4) is 11.1 Å². The number of fused-ring (bicyclic) bond motifs is 3. The molecule has 0 amide bonds. The Morgan fingerprint density at radius 1 is 1.14 bits per heavy atom. The molecule has 1 unspecified atom stereocenters. The number of benzene rings is 2. The van der Waals surface area contributed by atoms with E-state index < -0.39 is 11.8 Å². The van der Waals surface area contributed by atoms with Crippen LogP contribution in [-0.2, 0) is 5.60 Å². The highest BCUT2D eigenvalue weighted by molar-refractivity contribution is 5.94. The van der Waals surface area contributed by atoms with Gasteiger partial charge in [0.1, 0.15) is 0 Å². The summed E-state index contributed by atoms with van der Waals surface area (Å²) in [6.07, 6.45) is -4.35. The molecule has 0 saturated carbocycles. The number of aliphatic hydroxyl groups is 1. The SMILES string of the molecule is Cc1cc(C=O)c2c(c1)C(O)(C(F)(F)F)c1ccccc1-2. The summed E-state index contributed by atoms with van der Waals surface area (Å²) in [5, 5.41) is 10.4. The summed E-state index contributed by atoms with van der Waals surface area (Å²) >= 11 is 0. The van der Waals surface area contributed by atoms with Crippen LogP contribution in [0.4, 0.5) is 13.2 Å². The van der Waals surface area contributed by atoms with E-state index >= 15 is 0 Å². The van der Waals surface area contributed by atoms with Crippen molar-refractivity contribution in [1.82, 2.24) is 0 Å². The number of carbonyl (C=O) groups is 1. The van der Waals surface area contributed by atoms with Crippen molar-refractivity contribution in [3.05, 3.63) is 58.7 Å². The molecule has 1 N–H and O–H groups in total. The molecule has 2 aromatic carbocycles. The molecule has 1 aliphatic carbocycles. The molecule has 0 aliphatic heterocycles. The Labute approximate surface area is 118 Å². The number of hydrogen-bond acceptors (Lipinski definition) is 2. The minimum absolute atomic E-state index is 0.151. The normalized spacial score (nSPS) is 20.0. The molecule has 0 bridgehead atoms. The highest BCUT2D eigenvalue weighted by Gasteiger charge is 2.61. The molecule has 5 heteroatoms. The summed E-state index contributed by atoms with van der Waals surface area (Å²) in [7, 11) is 0. The number of halogens is 3. The summed E-state index contributed by atoms with van der Waals surface area (Å²) in [5.41, 5.74) is -2.55. The second-order valence-electron chi connectivity index (χ2n) is 5.15. The van der Waals surface area contributed by atoms with Gasteiger partial charge >= 0.3 is 6.18 Å². The largest absolute Gasteiger partial charge is 0.425 e.